The van der Waals surface area contributed by atoms with Crippen LogP contribution in [0.5, 0.6) is 0 Å². The topological polar surface area (TPSA) is 63.6 Å². The third-order valence-corrected chi connectivity index (χ3v) is 1.63. The van der Waals surface area contributed by atoms with Crippen molar-refractivity contribution in [3.8, 4) is 0 Å². The summed E-state index contributed by atoms with van der Waals surface area (Å²) < 4.78 is 4.79. The molecule has 0 amide bonds. The first-order valence-electron chi connectivity index (χ1n) is 4.91. The van der Waals surface area contributed by atoms with E-state index in [2.05, 4.69) is 0 Å². The summed E-state index contributed by atoms with van der Waals surface area (Å²) in [4.78, 5) is 22.0. The van der Waals surface area contributed by atoms with E-state index in [4.69, 9.17) is 9.84 Å². The molecule has 0 spiro atoms. The summed E-state index contributed by atoms with van der Waals surface area (Å²) in [6, 6.07) is 0. The lowest BCUT2D eigenvalue weighted by atomic mass is 10.1. The van der Waals surface area contributed by atoms with E-state index in [0.29, 0.717) is 6.61 Å². The number of carbonyl (C=O) groups is 2. The molecule has 14 heavy (non-hydrogen) atoms. The van der Waals surface area contributed by atoms with Crippen molar-refractivity contribution in [3.05, 3.63) is 0 Å². The van der Waals surface area contributed by atoms with Gasteiger partial charge in [-0.1, -0.05) is 13.3 Å². The lowest BCUT2D eigenvalue weighted by Gasteiger charge is -2.04. The molecule has 4 heteroatoms. The molecule has 0 aromatic carbocycles. The third kappa shape index (κ3) is 7.73. The van der Waals surface area contributed by atoms with E-state index in [0.717, 1.165) is 12.8 Å². The van der Waals surface area contributed by atoms with Crippen LogP contribution in [0.3, 0.4) is 0 Å². The zero-order valence-corrected chi connectivity index (χ0v) is 8.78. The Balaban J connectivity index is 3.56. The Bertz CT molecular complexity index is 187. The van der Waals surface area contributed by atoms with Gasteiger partial charge in [0, 0.05) is 6.42 Å². The van der Waals surface area contributed by atoms with Gasteiger partial charge in [0.15, 0.2) is 0 Å². The molecule has 0 saturated carbocycles. The highest BCUT2D eigenvalue weighted by Crippen LogP contribution is 1.98. The highest BCUT2D eigenvalue weighted by atomic mass is 16.5. The van der Waals surface area contributed by atoms with Gasteiger partial charge in [0.2, 0.25) is 0 Å². The van der Waals surface area contributed by atoms with Crippen molar-refractivity contribution in [2.75, 3.05) is 6.61 Å². The van der Waals surface area contributed by atoms with Gasteiger partial charge in [0.25, 0.3) is 0 Å². The molecule has 4 nitrogen and oxygen atoms in total. The van der Waals surface area contributed by atoms with Crippen molar-refractivity contribution in [2.24, 2.45) is 0 Å². The maximum atomic E-state index is 11.0. The van der Waals surface area contributed by atoms with E-state index in [1.165, 1.54) is 6.92 Å². The van der Waals surface area contributed by atoms with Crippen molar-refractivity contribution in [1.29, 1.82) is 0 Å². The molecule has 0 bridgehead atoms. The monoisotopic (exact) mass is 202 g/mol. The van der Waals surface area contributed by atoms with Crippen LogP contribution in [0.1, 0.15) is 39.5 Å². The van der Waals surface area contributed by atoms with Gasteiger partial charge in [-0.05, 0) is 13.3 Å². The predicted molar refractivity (Wildman–Crippen MR) is 51.8 cm³/mol. The summed E-state index contributed by atoms with van der Waals surface area (Å²) in [6.45, 7) is 3.88. The number of unbranched alkanes of at least 4 members (excludes halogenated alkanes) is 1. The van der Waals surface area contributed by atoms with Gasteiger partial charge in [-0.15, -0.1) is 0 Å². The largest absolute Gasteiger partial charge is 0.465 e. The maximum absolute atomic E-state index is 11.0. The fourth-order valence-electron chi connectivity index (χ4n) is 0.944. The van der Waals surface area contributed by atoms with E-state index in [1.54, 1.807) is 0 Å². The highest BCUT2D eigenvalue weighted by Gasteiger charge is 2.12. The van der Waals surface area contributed by atoms with Crippen LogP contribution < -0.4 is 0 Å². The van der Waals surface area contributed by atoms with E-state index >= 15 is 0 Å². The number of ketones is 1. The van der Waals surface area contributed by atoms with Crippen LogP contribution in [0.2, 0.25) is 0 Å². The quantitative estimate of drug-likeness (QED) is 0.381. The van der Waals surface area contributed by atoms with Crippen molar-refractivity contribution >= 4 is 11.8 Å². The predicted octanol–water partition coefficient (Wildman–Crippen LogP) is 1.06. The first kappa shape index (κ1) is 13.1. The van der Waals surface area contributed by atoms with Crippen LogP contribution in [0.25, 0.3) is 0 Å². The Kier molecular flexibility index (Phi) is 7.02. The molecule has 0 aliphatic heterocycles. The Morgan fingerprint density at radius 3 is 2.57 bits per heavy atom. The zero-order chi connectivity index (χ0) is 11.0. The van der Waals surface area contributed by atoms with Crippen LogP contribution in [0.4, 0.5) is 0 Å². The average Bonchev–Trinajstić information content (AvgIpc) is 2.02. The molecule has 0 rings (SSSR count). The van der Waals surface area contributed by atoms with E-state index in [-0.39, 0.29) is 18.6 Å². The number of carbonyl (C=O) groups excluding carboxylic acids is 2. The average molecular weight is 202 g/mol. The van der Waals surface area contributed by atoms with E-state index in [1.807, 2.05) is 6.92 Å². The lowest BCUT2D eigenvalue weighted by Crippen LogP contribution is -2.15. The highest BCUT2D eigenvalue weighted by molar-refractivity contribution is 5.95. The molecule has 1 atom stereocenters. The fourth-order valence-corrected chi connectivity index (χ4v) is 0.944. The number of ether oxygens (including phenoxy) is 1. The van der Waals surface area contributed by atoms with Gasteiger partial charge in [-0.3, -0.25) is 9.59 Å². The number of hydrogen-bond donors (Lipinski definition) is 1. The van der Waals surface area contributed by atoms with E-state index < -0.39 is 12.1 Å². The Hall–Kier alpha value is -0.900. The van der Waals surface area contributed by atoms with Gasteiger partial charge in [-0.25, -0.2) is 0 Å². The molecule has 0 fully saturated rings. The van der Waals surface area contributed by atoms with Crippen molar-refractivity contribution in [3.63, 3.8) is 0 Å². The second kappa shape index (κ2) is 7.50. The minimum atomic E-state index is -0.689. The number of aliphatic hydroxyl groups is 1. The standard InChI is InChI=1S/C10H18O4/c1-3-4-5-14-10(13)7-9(12)6-8(2)11/h8,11H,3-7H2,1-2H3/t8-/m1/s1. The van der Waals surface area contributed by atoms with Gasteiger partial charge in [0.05, 0.1) is 12.7 Å². The van der Waals surface area contributed by atoms with E-state index in [9.17, 15) is 9.59 Å². The first-order valence-corrected chi connectivity index (χ1v) is 4.91. The summed E-state index contributed by atoms with van der Waals surface area (Å²) in [5.74, 6) is -0.773. The van der Waals surface area contributed by atoms with Crippen LogP contribution in [0.15, 0.2) is 0 Å². The molecule has 82 valence electrons. The molecule has 0 aliphatic carbocycles. The van der Waals surface area contributed by atoms with Gasteiger partial charge in [-0.2, -0.15) is 0 Å². The van der Waals surface area contributed by atoms with Crippen molar-refractivity contribution in [1.82, 2.24) is 0 Å². The van der Waals surface area contributed by atoms with Crippen LogP contribution in [-0.4, -0.2) is 29.6 Å². The summed E-state index contributed by atoms with van der Waals surface area (Å²) in [5.41, 5.74) is 0. The maximum Gasteiger partial charge on any atom is 0.313 e. The Morgan fingerprint density at radius 2 is 2.07 bits per heavy atom. The van der Waals surface area contributed by atoms with Gasteiger partial charge >= 0.3 is 5.97 Å². The number of Topliss-reactive ketones (excluding diaryl/α,β-unsaturated/α-hetero) is 1. The summed E-state index contributed by atoms with van der Waals surface area (Å²) in [7, 11) is 0. The molecule has 0 aromatic heterocycles. The molecule has 0 radical (unpaired) electrons. The van der Waals surface area contributed by atoms with Gasteiger partial charge in [0.1, 0.15) is 12.2 Å². The SMILES string of the molecule is CCCCOC(=O)CC(=O)C[C@@H](C)O. The molecule has 0 unspecified atom stereocenters. The molecule has 0 aliphatic rings. The van der Waals surface area contributed by atoms with Crippen LogP contribution >= 0.6 is 0 Å². The first-order chi connectivity index (χ1) is 6.56. The summed E-state index contributed by atoms with van der Waals surface area (Å²) in [5, 5.41) is 8.88. The number of aliphatic hydroxyl groups excluding tert-OH is 1. The molecule has 0 saturated heterocycles. The lowest BCUT2D eigenvalue weighted by molar-refractivity contribution is -0.146. The summed E-state index contributed by atoms with van der Waals surface area (Å²) in [6.07, 6.45) is 0.869. The number of esters is 1. The summed E-state index contributed by atoms with van der Waals surface area (Å²) >= 11 is 0. The fraction of sp³-hybridized carbons (Fsp3) is 0.800. The van der Waals surface area contributed by atoms with Crippen molar-refractivity contribution < 1.29 is 19.4 Å². The Morgan fingerprint density at radius 1 is 1.43 bits per heavy atom. The third-order valence-electron chi connectivity index (χ3n) is 1.63. The molecular formula is C10H18O4. The normalized spacial score (nSPS) is 12.2. The van der Waals surface area contributed by atoms with Crippen molar-refractivity contribution in [2.45, 2.75) is 45.6 Å². The second-order valence-electron chi connectivity index (χ2n) is 3.34. The second-order valence-corrected chi connectivity index (χ2v) is 3.34. The minimum absolute atomic E-state index is 0.0167. The van der Waals surface area contributed by atoms with Crippen LogP contribution in [0, 0.1) is 0 Å². The minimum Gasteiger partial charge on any atom is -0.465 e. The Labute approximate surface area is 84.3 Å². The number of rotatable bonds is 7. The smallest absolute Gasteiger partial charge is 0.313 e. The van der Waals surface area contributed by atoms with Gasteiger partial charge < -0.3 is 9.84 Å². The molecule has 0 aromatic rings. The zero-order valence-electron chi connectivity index (χ0n) is 8.78. The molecule has 1 N–H and O–H groups in total. The number of hydrogen-bond acceptors (Lipinski definition) is 4. The molecular weight excluding hydrogens is 184 g/mol. The molecule has 0 heterocycles. The van der Waals surface area contributed by atoms with Crippen LogP contribution in [-0.2, 0) is 14.3 Å².